The van der Waals surface area contributed by atoms with E-state index in [-0.39, 0.29) is 12.2 Å². The van der Waals surface area contributed by atoms with Gasteiger partial charge in [0.1, 0.15) is 0 Å². The summed E-state index contributed by atoms with van der Waals surface area (Å²) in [5.41, 5.74) is 3.59. The van der Waals surface area contributed by atoms with Crippen LogP contribution >= 0.6 is 12.2 Å². The zero-order chi connectivity index (χ0) is 16.3. The van der Waals surface area contributed by atoms with E-state index in [1.165, 1.54) is 0 Å². The lowest BCUT2D eigenvalue weighted by atomic mass is 10.0. The molecule has 118 valence electrons. The SMILES string of the molecule is CNC(=S)N(CCO)Cc1cc2c(C)cc(C)cc2[nH]c1=O. The van der Waals surface area contributed by atoms with Gasteiger partial charge in [0.2, 0.25) is 0 Å². The van der Waals surface area contributed by atoms with Gasteiger partial charge in [-0.15, -0.1) is 0 Å². The van der Waals surface area contributed by atoms with Crippen LogP contribution in [0.4, 0.5) is 0 Å². The van der Waals surface area contributed by atoms with Crippen molar-refractivity contribution >= 4 is 28.2 Å². The molecule has 1 aromatic heterocycles. The Kier molecular flexibility index (Phi) is 5.15. The molecule has 6 heteroatoms. The first-order valence-corrected chi connectivity index (χ1v) is 7.57. The minimum Gasteiger partial charge on any atom is -0.395 e. The van der Waals surface area contributed by atoms with Gasteiger partial charge in [-0.3, -0.25) is 4.79 Å². The van der Waals surface area contributed by atoms with Crippen molar-refractivity contribution in [1.29, 1.82) is 0 Å². The maximum Gasteiger partial charge on any atom is 0.253 e. The molecule has 0 aliphatic rings. The van der Waals surface area contributed by atoms with Gasteiger partial charge in [-0.25, -0.2) is 0 Å². The molecule has 22 heavy (non-hydrogen) atoms. The van der Waals surface area contributed by atoms with Gasteiger partial charge in [-0.2, -0.15) is 0 Å². The number of aliphatic hydroxyl groups is 1. The van der Waals surface area contributed by atoms with E-state index in [0.29, 0.717) is 23.8 Å². The maximum absolute atomic E-state index is 12.3. The van der Waals surface area contributed by atoms with Crippen molar-refractivity contribution in [2.75, 3.05) is 20.2 Å². The molecule has 0 bridgehead atoms. The first-order chi connectivity index (χ1) is 10.5. The molecule has 1 heterocycles. The highest BCUT2D eigenvalue weighted by atomic mass is 32.1. The summed E-state index contributed by atoms with van der Waals surface area (Å²) >= 11 is 5.21. The van der Waals surface area contributed by atoms with Crippen LogP contribution < -0.4 is 10.9 Å². The van der Waals surface area contributed by atoms with Crippen molar-refractivity contribution in [3.05, 3.63) is 45.2 Å². The molecule has 3 N–H and O–H groups in total. The van der Waals surface area contributed by atoms with Gasteiger partial charge >= 0.3 is 0 Å². The molecular formula is C16H21N3O2S. The highest BCUT2D eigenvalue weighted by Crippen LogP contribution is 2.18. The summed E-state index contributed by atoms with van der Waals surface area (Å²) in [4.78, 5) is 17.0. The molecule has 2 aromatic rings. The number of aromatic nitrogens is 1. The highest BCUT2D eigenvalue weighted by Gasteiger charge is 2.12. The fourth-order valence-electron chi connectivity index (χ4n) is 2.57. The molecule has 0 saturated heterocycles. The first-order valence-electron chi connectivity index (χ1n) is 7.17. The average molecular weight is 319 g/mol. The van der Waals surface area contributed by atoms with E-state index in [9.17, 15) is 4.79 Å². The number of benzene rings is 1. The lowest BCUT2D eigenvalue weighted by Gasteiger charge is -2.23. The summed E-state index contributed by atoms with van der Waals surface area (Å²) < 4.78 is 0. The van der Waals surface area contributed by atoms with Crippen LogP contribution in [0.25, 0.3) is 10.9 Å². The summed E-state index contributed by atoms with van der Waals surface area (Å²) in [7, 11) is 1.73. The fraction of sp³-hybridized carbons (Fsp3) is 0.375. The number of rotatable bonds is 4. The Hall–Kier alpha value is -1.92. The molecule has 0 saturated carbocycles. The van der Waals surface area contributed by atoms with E-state index < -0.39 is 0 Å². The fourth-order valence-corrected chi connectivity index (χ4v) is 2.73. The van der Waals surface area contributed by atoms with E-state index in [0.717, 1.165) is 22.0 Å². The van der Waals surface area contributed by atoms with Crippen molar-refractivity contribution in [3.63, 3.8) is 0 Å². The number of fused-ring (bicyclic) bond motifs is 1. The number of aromatic amines is 1. The van der Waals surface area contributed by atoms with Crippen molar-refractivity contribution < 1.29 is 5.11 Å². The predicted molar refractivity (Wildman–Crippen MR) is 93.2 cm³/mol. The predicted octanol–water partition coefficient (Wildman–Crippen LogP) is 1.44. The van der Waals surface area contributed by atoms with Crippen LogP contribution in [-0.4, -0.2) is 40.3 Å². The molecule has 0 unspecified atom stereocenters. The van der Waals surface area contributed by atoms with E-state index in [4.69, 9.17) is 17.3 Å². The Bertz CT molecular complexity index is 755. The summed E-state index contributed by atoms with van der Waals surface area (Å²) in [6.07, 6.45) is 0. The molecule has 2 rings (SSSR count). The number of H-pyrrole nitrogens is 1. The lowest BCUT2D eigenvalue weighted by Crippen LogP contribution is -2.40. The summed E-state index contributed by atoms with van der Waals surface area (Å²) in [6.45, 7) is 4.75. The Morgan fingerprint density at radius 1 is 1.36 bits per heavy atom. The summed E-state index contributed by atoms with van der Waals surface area (Å²) in [5.74, 6) is 0. The third-order valence-electron chi connectivity index (χ3n) is 3.62. The number of hydrogen-bond donors (Lipinski definition) is 3. The molecular weight excluding hydrogens is 298 g/mol. The van der Waals surface area contributed by atoms with Crippen LogP contribution in [0.2, 0.25) is 0 Å². The second kappa shape index (κ2) is 6.89. The van der Waals surface area contributed by atoms with E-state index in [2.05, 4.69) is 16.4 Å². The van der Waals surface area contributed by atoms with E-state index in [1.54, 1.807) is 11.9 Å². The van der Waals surface area contributed by atoms with E-state index in [1.807, 2.05) is 26.0 Å². The van der Waals surface area contributed by atoms with Gasteiger partial charge in [0.15, 0.2) is 5.11 Å². The van der Waals surface area contributed by atoms with Gasteiger partial charge in [0.05, 0.1) is 13.2 Å². The molecule has 0 fully saturated rings. The Balaban J connectivity index is 2.45. The van der Waals surface area contributed by atoms with Crippen LogP contribution in [0.1, 0.15) is 16.7 Å². The number of pyridine rings is 1. The van der Waals surface area contributed by atoms with Crippen molar-refractivity contribution in [1.82, 2.24) is 15.2 Å². The second-order valence-corrected chi connectivity index (χ2v) is 5.75. The van der Waals surface area contributed by atoms with Crippen molar-refractivity contribution in [3.8, 4) is 0 Å². The molecule has 0 aliphatic heterocycles. The number of thiocarbonyl (C=S) groups is 1. The minimum absolute atomic E-state index is 0.0223. The zero-order valence-corrected chi connectivity index (χ0v) is 13.9. The molecule has 0 amide bonds. The third kappa shape index (κ3) is 3.45. The summed E-state index contributed by atoms with van der Waals surface area (Å²) in [5, 5.41) is 13.6. The number of nitrogens with one attached hydrogen (secondary N) is 2. The second-order valence-electron chi connectivity index (χ2n) is 5.37. The number of aliphatic hydroxyl groups excluding tert-OH is 1. The topological polar surface area (TPSA) is 68.4 Å². The Morgan fingerprint density at radius 3 is 2.73 bits per heavy atom. The summed E-state index contributed by atoms with van der Waals surface area (Å²) in [6, 6.07) is 5.97. The normalized spacial score (nSPS) is 10.7. The monoisotopic (exact) mass is 319 g/mol. The molecule has 0 aliphatic carbocycles. The molecule has 0 atom stereocenters. The van der Waals surface area contributed by atoms with Gasteiger partial charge < -0.3 is 20.3 Å². The van der Waals surface area contributed by atoms with Crippen molar-refractivity contribution in [2.24, 2.45) is 0 Å². The minimum atomic E-state index is -0.126. The zero-order valence-electron chi connectivity index (χ0n) is 13.1. The van der Waals surface area contributed by atoms with Crippen LogP contribution in [0.5, 0.6) is 0 Å². The smallest absolute Gasteiger partial charge is 0.253 e. The lowest BCUT2D eigenvalue weighted by molar-refractivity contribution is 0.245. The quantitative estimate of drug-likeness (QED) is 0.744. The first kappa shape index (κ1) is 16.5. The Morgan fingerprint density at radius 2 is 2.09 bits per heavy atom. The van der Waals surface area contributed by atoms with Crippen molar-refractivity contribution in [2.45, 2.75) is 20.4 Å². The maximum atomic E-state index is 12.3. The third-order valence-corrected chi connectivity index (χ3v) is 4.08. The number of hydrogen-bond acceptors (Lipinski definition) is 3. The van der Waals surface area contributed by atoms with Crippen LogP contribution in [0, 0.1) is 13.8 Å². The van der Waals surface area contributed by atoms with Crippen LogP contribution in [0.15, 0.2) is 23.0 Å². The van der Waals surface area contributed by atoms with Gasteiger partial charge in [-0.05, 0) is 49.3 Å². The molecule has 5 nitrogen and oxygen atoms in total. The standard InChI is InChI=1S/C16H21N3O2S/c1-10-6-11(2)13-8-12(15(21)18-14(13)7-10)9-19(4-5-20)16(22)17-3/h6-8,20H,4-5,9H2,1-3H3,(H,17,22)(H,18,21). The Labute approximate surface area is 135 Å². The van der Waals surface area contributed by atoms with Gasteiger partial charge in [-0.1, -0.05) is 6.07 Å². The average Bonchev–Trinajstić information content (AvgIpc) is 2.47. The van der Waals surface area contributed by atoms with Crippen LogP contribution in [0.3, 0.4) is 0 Å². The van der Waals surface area contributed by atoms with Gasteiger partial charge in [0, 0.05) is 30.1 Å². The number of nitrogens with zero attached hydrogens (tertiary/aromatic N) is 1. The van der Waals surface area contributed by atoms with Gasteiger partial charge in [0.25, 0.3) is 5.56 Å². The number of aryl methyl sites for hydroxylation is 2. The molecule has 0 radical (unpaired) electrons. The largest absolute Gasteiger partial charge is 0.395 e. The van der Waals surface area contributed by atoms with E-state index >= 15 is 0 Å². The highest BCUT2D eigenvalue weighted by molar-refractivity contribution is 7.80. The molecule has 1 aromatic carbocycles. The molecule has 0 spiro atoms. The van der Waals surface area contributed by atoms with Crippen LogP contribution in [-0.2, 0) is 6.54 Å².